The summed E-state index contributed by atoms with van der Waals surface area (Å²) in [5.41, 5.74) is 5.49. The van der Waals surface area contributed by atoms with Gasteiger partial charge in [-0.15, -0.1) is 12.4 Å². The molecule has 9 heteroatoms. The number of nitrogens with one attached hydrogen (secondary N) is 2. The molecule has 0 bridgehead atoms. The SMILES string of the molecule is Cl.NC[C@H]1CC[C@@H](C(=O)NCCNS(=O)(=O)c2ccccc2)O1. The average Bonchev–Trinajstić information content (AvgIpc) is 3.01. The largest absolute Gasteiger partial charge is 0.364 e. The number of carbonyl (C=O) groups excluding carboxylic acids is 1. The number of ether oxygens (including phenoxy) is 1. The maximum absolute atomic E-state index is 12.0. The molecule has 0 radical (unpaired) electrons. The van der Waals surface area contributed by atoms with Crippen molar-refractivity contribution in [1.82, 2.24) is 10.0 Å². The lowest BCUT2D eigenvalue weighted by Gasteiger charge is -2.13. The van der Waals surface area contributed by atoms with E-state index in [9.17, 15) is 13.2 Å². The van der Waals surface area contributed by atoms with Gasteiger partial charge in [-0.2, -0.15) is 0 Å². The van der Waals surface area contributed by atoms with Crippen LogP contribution in [-0.4, -0.2) is 46.2 Å². The standard InChI is InChI=1S/C14H21N3O4S.ClH/c15-10-11-6-7-13(21-11)14(18)16-8-9-17-22(19,20)12-4-2-1-3-5-12;/h1-5,11,13,17H,6-10,15H2,(H,16,18);1H/t11-,13+;/m1./s1. The van der Waals surface area contributed by atoms with Gasteiger partial charge in [-0.1, -0.05) is 18.2 Å². The number of hydrogen-bond acceptors (Lipinski definition) is 5. The van der Waals surface area contributed by atoms with Gasteiger partial charge in [-0.25, -0.2) is 13.1 Å². The van der Waals surface area contributed by atoms with Crippen molar-refractivity contribution in [3.8, 4) is 0 Å². The van der Waals surface area contributed by atoms with Crippen LogP contribution in [0.4, 0.5) is 0 Å². The van der Waals surface area contributed by atoms with Gasteiger partial charge in [0.2, 0.25) is 15.9 Å². The van der Waals surface area contributed by atoms with Gasteiger partial charge in [-0.05, 0) is 25.0 Å². The third-order valence-electron chi connectivity index (χ3n) is 3.43. The second kappa shape index (κ2) is 9.19. The molecule has 0 aliphatic carbocycles. The molecule has 0 unspecified atom stereocenters. The lowest BCUT2D eigenvalue weighted by Crippen LogP contribution is -2.40. The van der Waals surface area contributed by atoms with Crippen LogP contribution >= 0.6 is 12.4 Å². The molecule has 23 heavy (non-hydrogen) atoms. The van der Waals surface area contributed by atoms with E-state index in [2.05, 4.69) is 10.0 Å². The summed E-state index contributed by atoms with van der Waals surface area (Å²) < 4.78 is 31.8. The highest BCUT2D eigenvalue weighted by atomic mass is 35.5. The van der Waals surface area contributed by atoms with Crippen molar-refractivity contribution < 1.29 is 17.9 Å². The summed E-state index contributed by atoms with van der Waals surface area (Å²) in [5, 5.41) is 2.66. The summed E-state index contributed by atoms with van der Waals surface area (Å²) in [5.74, 6) is -0.227. The van der Waals surface area contributed by atoms with Gasteiger partial charge in [0, 0.05) is 19.6 Å². The molecule has 1 aliphatic rings. The number of nitrogens with two attached hydrogens (primary N) is 1. The molecule has 0 spiro atoms. The first kappa shape index (κ1) is 19.9. The summed E-state index contributed by atoms with van der Waals surface area (Å²) in [4.78, 5) is 12.0. The minimum atomic E-state index is -3.54. The van der Waals surface area contributed by atoms with Crippen molar-refractivity contribution in [3.05, 3.63) is 30.3 Å². The third-order valence-corrected chi connectivity index (χ3v) is 4.91. The van der Waals surface area contributed by atoms with E-state index in [1.807, 2.05) is 0 Å². The molecular formula is C14H22ClN3O4S. The van der Waals surface area contributed by atoms with Gasteiger partial charge < -0.3 is 15.8 Å². The average molecular weight is 364 g/mol. The molecule has 4 N–H and O–H groups in total. The Labute approximate surface area is 142 Å². The third kappa shape index (κ3) is 5.74. The molecule has 1 aromatic rings. The number of halogens is 1. The normalized spacial score (nSPS) is 20.7. The smallest absolute Gasteiger partial charge is 0.249 e. The number of hydrogen-bond donors (Lipinski definition) is 3. The van der Waals surface area contributed by atoms with Crippen molar-refractivity contribution in [2.75, 3.05) is 19.6 Å². The molecule has 7 nitrogen and oxygen atoms in total. The first-order chi connectivity index (χ1) is 10.5. The second-order valence-electron chi connectivity index (χ2n) is 5.06. The molecule has 1 amide bonds. The fourth-order valence-corrected chi connectivity index (χ4v) is 3.29. The van der Waals surface area contributed by atoms with Crippen LogP contribution in [0, 0.1) is 0 Å². The van der Waals surface area contributed by atoms with E-state index < -0.39 is 16.1 Å². The van der Waals surface area contributed by atoms with Gasteiger partial charge in [0.1, 0.15) is 6.10 Å². The highest BCUT2D eigenvalue weighted by Crippen LogP contribution is 2.18. The Morgan fingerprint density at radius 3 is 2.52 bits per heavy atom. The molecule has 2 rings (SSSR count). The molecule has 1 heterocycles. The molecule has 0 saturated carbocycles. The summed E-state index contributed by atoms with van der Waals surface area (Å²) in [7, 11) is -3.54. The van der Waals surface area contributed by atoms with Crippen molar-refractivity contribution in [2.24, 2.45) is 5.73 Å². The van der Waals surface area contributed by atoms with Crippen LogP contribution in [-0.2, 0) is 19.6 Å². The summed E-state index contributed by atoms with van der Waals surface area (Å²) in [6.45, 7) is 0.731. The van der Waals surface area contributed by atoms with Gasteiger partial charge in [0.25, 0.3) is 0 Å². The van der Waals surface area contributed by atoms with Gasteiger partial charge in [0.05, 0.1) is 11.0 Å². The van der Waals surface area contributed by atoms with E-state index in [1.54, 1.807) is 18.2 Å². The van der Waals surface area contributed by atoms with Crippen molar-refractivity contribution in [1.29, 1.82) is 0 Å². The molecular weight excluding hydrogens is 342 g/mol. The van der Waals surface area contributed by atoms with E-state index >= 15 is 0 Å². The maximum atomic E-state index is 12.0. The lowest BCUT2D eigenvalue weighted by atomic mass is 10.2. The Morgan fingerprint density at radius 2 is 1.91 bits per heavy atom. The highest BCUT2D eigenvalue weighted by Gasteiger charge is 2.29. The Bertz CT molecular complexity index is 597. The van der Waals surface area contributed by atoms with Crippen LogP contribution in [0.15, 0.2) is 35.2 Å². The number of carbonyl (C=O) groups is 1. The minimum Gasteiger partial charge on any atom is -0.364 e. The van der Waals surface area contributed by atoms with E-state index in [4.69, 9.17) is 10.5 Å². The van der Waals surface area contributed by atoms with Gasteiger partial charge in [-0.3, -0.25) is 4.79 Å². The Balaban J connectivity index is 0.00000264. The first-order valence-corrected chi connectivity index (χ1v) is 8.69. The van der Waals surface area contributed by atoms with E-state index in [-0.39, 0.29) is 42.4 Å². The predicted molar refractivity (Wildman–Crippen MR) is 88.8 cm³/mol. The fraction of sp³-hybridized carbons (Fsp3) is 0.500. The monoisotopic (exact) mass is 363 g/mol. The van der Waals surface area contributed by atoms with E-state index in [1.165, 1.54) is 12.1 Å². The molecule has 1 aliphatic heterocycles. The summed E-state index contributed by atoms with van der Waals surface area (Å²) >= 11 is 0. The van der Waals surface area contributed by atoms with Crippen LogP contribution in [0.1, 0.15) is 12.8 Å². The summed E-state index contributed by atoms with van der Waals surface area (Å²) in [6.07, 6.45) is 0.866. The van der Waals surface area contributed by atoms with E-state index in [0.29, 0.717) is 13.0 Å². The molecule has 1 saturated heterocycles. The van der Waals surface area contributed by atoms with Crippen LogP contribution in [0.3, 0.4) is 0 Å². The number of benzene rings is 1. The summed E-state index contributed by atoms with van der Waals surface area (Å²) in [6, 6.07) is 8.08. The molecule has 0 aromatic heterocycles. The Morgan fingerprint density at radius 1 is 1.22 bits per heavy atom. The van der Waals surface area contributed by atoms with E-state index in [0.717, 1.165) is 6.42 Å². The minimum absolute atomic E-state index is 0. The lowest BCUT2D eigenvalue weighted by molar-refractivity contribution is -0.131. The van der Waals surface area contributed by atoms with Crippen LogP contribution in [0.25, 0.3) is 0 Å². The topological polar surface area (TPSA) is 111 Å². The molecule has 2 atom stereocenters. The van der Waals surface area contributed by atoms with Gasteiger partial charge in [0.15, 0.2) is 0 Å². The van der Waals surface area contributed by atoms with Crippen LogP contribution < -0.4 is 15.8 Å². The maximum Gasteiger partial charge on any atom is 0.249 e. The van der Waals surface area contributed by atoms with Crippen molar-refractivity contribution in [2.45, 2.75) is 29.9 Å². The first-order valence-electron chi connectivity index (χ1n) is 7.21. The Hall–Kier alpha value is -1.19. The number of amides is 1. The highest BCUT2D eigenvalue weighted by molar-refractivity contribution is 7.89. The molecule has 1 aromatic carbocycles. The molecule has 130 valence electrons. The zero-order valence-electron chi connectivity index (χ0n) is 12.6. The zero-order valence-corrected chi connectivity index (χ0v) is 14.2. The molecule has 1 fully saturated rings. The Kier molecular flexibility index (Phi) is 7.93. The number of rotatable bonds is 7. The second-order valence-corrected chi connectivity index (χ2v) is 6.83. The number of sulfonamides is 1. The van der Waals surface area contributed by atoms with Crippen molar-refractivity contribution >= 4 is 28.3 Å². The van der Waals surface area contributed by atoms with Crippen molar-refractivity contribution in [3.63, 3.8) is 0 Å². The zero-order chi connectivity index (χ0) is 16.0. The fourth-order valence-electron chi connectivity index (χ4n) is 2.24. The van der Waals surface area contributed by atoms with Gasteiger partial charge >= 0.3 is 0 Å². The van der Waals surface area contributed by atoms with Crippen LogP contribution in [0.5, 0.6) is 0 Å². The predicted octanol–water partition coefficient (Wildman–Crippen LogP) is 0.00920. The quantitative estimate of drug-likeness (QED) is 0.591. The van der Waals surface area contributed by atoms with Crippen LogP contribution in [0.2, 0.25) is 0 Å².